The van der Waals surface area contributed by atoms with E-state index in [-0.39, 0.29) is 5.41 Å². The normalized spacial score (nSPS) is 22.5. The molecule has 2 heteroatoms. The zero-order valence-electron chi connectivity index (χ0n) is 11.1. The molecule has 0 atom stereocenters. The average molecular weight is 261 g/mol. The summed E-state index contributed by atoms with van der Waals surface area (Å²) >= 11 is 2.04. The fourth-order valence-electron chi connectivity index (χ4n) is 3.51. The van der Waals surface area contributed by atoms with E-state index < -0.39 is 0 Å². The Labute approximate surface area is 115 Å². The lowest BCUT2D eigenvalue weighted by molar-refractivity contribution is 0.300. The molecule has 1 nitrogen and oxygen atoms in total. The highest BCUT2D eigenvalue weighted by Gasteiger charge is 2.32. The van der Waals surface area contributed by atoms with Gasteiger partial charge in [-0.1, -0.05) is 31.4 Å². The monoisotopic (exact) mass is 261 g/mol. The Hall–Kier alpha value is -0.470. The predicted molar refractivity (Wildman–Crippen MR) is 79.3 cm³/mol. The summed E-state index contributed by atoms with van der Waals surface area (Å²) in [6.07, 6.45) is 9.25. The molecule has 1 aliphatic heterocycles. The van der Waals surface area contributed by atoms with Gasteiger partial charge in [0.1, 0.15) is 0 Å². The summed E-state index contributed by atoms with van der Waals surface area (Å²) in [5.74, 6) is 1.28. The van der Waals surface area contributed by atoms with Gasteiger partial charge in [0.15, 0.2) is 0 Å². The maximum atomic E-state index is 6.14. The van der Waals surface area contributed by atoms with Gasteiger partial charge in [-0.15, -0.1) is 11.8 Å². The van der Waals surface area contributed by atoms with Crippen LogP contribution in [0, 0.1) is 0 Å². The van der Waals surface area contributed by atoms with Gasteiger partial charge in [0.25, 0.3) is 0 Å². The van der Waals surface area contributed by atoms with Crippen LogP contribution in [-0.4, -0.2) is 12.3 Å². The first-order chi connectivity index (χ1) is 8.84. The molecule has 18 heavy (non-hydrogen) atoms. The molecule has 3 rings (SSSR count). The van der Waals surface area contributed by atoms with Crippen molar-refractivity contribution < 1.29 is 0 Å². The molecule has 1 saturated carbocycles. The summed E-state index contributed by atoms with van der Waals surface area (Å²) in [7, 11) is 0. The largest absolute Gasteiger partial charge is 0.330 e. The molecular weight excluding hydrogens is 238 g/mol. The average Bonchev–Trinajstić information content (AvgIpc) is 2.47. The third-order valence-electron chi connectivity index (χ3n) is 4.73. The molecule has 0 bridgehead atoms. The van der Waals surface area contributed by atoms with Crippen LogP contribution in [0.15, 0.2) is 23.1 Å². The molecule has 2 aliphatic rings. The number of nitrogens with two attached hydrogens (primary N) is 1. The molecule has 0 amide bonds. The molecule has 1 aliphatic carbocycles. The highest BCUT2D eigenvalue weighted by atomic mass is 32.2. The van der Waals surface area contributed by atoms with Gasteiger partial charge in [-0.2, -0.15) is 0 Å². The SMILES string of the molecule is NCC1(c2ccc3c(c2)SCCC3)CCCCC1. The third kappa shape index (κ3) is 2.21. The van der Waals surface area contributed by atoms with Gasteiger partial charge in [-0.3, -0.25) is 0 Å². The Kier molecular flexibility index (Phi) is 3.67. The molecule has 1 aromatic rings. The van der Waals surface area contributed by atoms with E-state index in [1.807, 2.05) is 11.8 Å². The van der Waals surface area contributed by atoms with E-state index in [9.17, 15) is 0 Å². The number of aryl methyl sites for hydroxylation is 1. The van der Waals surface area contributed by atoms with Gasteiger partial charge in [0.05, 0.1) is 0 Å². The Balaban J connectivity index is 1.94. The Morgan fingerprint density at radius 2 is 1.94 bits per heavy atom. The van der Waals surface area contributed by atoms with E-state index in [4.69, 9.17) is 5.73 Å². The number of hydrogen-bond donors (Lipinski definition) is 1. The van der Waals surface area contributed by atoms with Crippen molar-refractivity contribution >= 4 is 11.8 Å². The van der Waals surface area contributed by atoms with Crippen molar-refractivity contribution in [3.63, 3.8) is 0 Å². The van der Waals surface area contributed by atoms with Crippen molar-refractivity contribution in [1.82, 2.24) is 0 Å². The van der Waals surface area contributed by atoms with Crippen LogP contribution in [0.2, 0.25) is 0 Å². The quantitative estimate of drug-likeness (QED) is 0.874. The van der Waals surface area contributed by atoms with E-state index in [1.165, 1.54) is 61.2 Å². The lowest BCUT2D eigenvalue weighted by atomic mass is 9.69. The zero-order valence-corrected chi connectivity index (χ0v) is 11.9. The van der Waals surface area contributed by atoms with E-state index in [2.05, 4.69) is 18.2 Å². The van der Waals surface area contributed by atoms with Gasteiger partial charge in [0.2, 0.25) is 0 Å². The van der Waals surface area contributed by atoms with Gasteiger partial charge in [0, 0.05) is 16.9 Å². The summed E-state index contributed by atoms with van der Waals surface area (Å²) in [6.45, 7) is 0.816. The molecule has 0 aromatic heterocycles. The van der Waals surface area contributed by atoms with Gasteiger partial charge in [-0.05, 0) is 48.6 Å². The van der Waals surface area contributed by atoms with Crippen molar-refractivity contribution in [3.8, 4) is 0 Å². The van der Waals surface area contributed by atoms with Crippen molar-refractivity contribution in [2.45, 2.75) is 55.3 Å². The molecule has 2 N–H and O–H groups in total. The van der Waals surface area contributed by atoms with Gasteiger partial charge >= 0.3 is 0 Å². The molecule has 98 valence electrons. The van der Waals surface area contributed by atoms with Crippen molar-refractivity contribution in [3.05, 3.63) is 29.3 Å². The second-order valence-corrected chi connectivity index (χ2v) is 6.96. The standard InChI is InChI=1S/C16H23NS/c17-12-16(8-2-1-3-9-16)14-7-6-13-5-4-10-18-15(13)11-14/h6-7,11H,1-5,8-10,12,17H2. The van der Waals surface area contributed by atoms with E-state index in [1.54, 1.807) is 5.56 Å². The number of rotatable bonds is 2. The zero-order chi connectivity index (χ0) is 12.4. The molecule has 0 saturated heterocycles. The Morgan fingerprint density at radius 1 is 1.11 bits per heavy atom. The first kappa shape index (κ1) is 12.6. The van der Waals surface area contributed by atoms with Crippen LogP contribution in [0.3, 0.4) is 0 Å². The molecule has 0 spiro atoms. The number of thioether (sulfide) groups is 1. The van der Waals surface area contributed by atoms with Crippen LogP contribution in [0.4, 0.5) is 0 Å². The first-order valence-corrected chi connectivity index (χ1v) is 8.29. The minimum absolute atomic E-state index is 0.283. The van der Waals surface area contributed by atoms with E-state index >= 15 is 0 Å². The minimum atomic E-state index is 0.283. The van der Waals surface area contributed by atoms with Crippen LogP contribution in [0.5, 0.6) is 0 Å². The summed E-state index contributed by atoms with van der Waals surface area (Å²) < 4.78 is 0. The lowest BCUT2D eigenvalue weighted by Crippen LogP contribution is -2.37. The number of benzene rings is 1. The summed E-state index contributed by atoms with van der Waals surface area (Å²) in [5.41, 5.74) is 9.49. The lowest BCUT2D eigenvalue weighted by Gasteiger charge is -2.37. The second-order valence-electron chi connectivity index (χ2n) is 5.82. The van der Waals surface area contributed by atoms with Crippen LogP contribution in [0.25, 0.3) is 0 Å². The summed E-state index contributed by atoms with van der Waals surface area (Å²) in [5, 5.41) is 0. The van der Waals surface area contributed by atoms with E-state index in [0.717, 1.165) is 6.54 Å². The highest BCUT2D eigenvalue weighted by Crippen LogP contribution is 2.41. The molecule has 1 aromatic carbocycles. The molecule has 0 radical (unpaired) electrons. The van der Waals surface area contributed by atoms with Gasteiger partial charge in [-0.25, -0.2) is 0 Å². The minimum Gasteiger partial charge on any atom is -0.330 e. The maximum Gasteiger partial charge on any atom is 0.0107 e. The number of hydrogen-bond acceptors (Lipinski definition) is 2. The van der Waals surface area contributed by atoms with E-state index in [0.29, 0.717) is 0 Å². The smallest absolute Gasteiger partial charge is 0.0107 e. The molecular formula is C16H23NS. The van der Waals surface area contributed by atoms with Gasteiger partial charge < -0.3 is 5.73 Å². The van der Waals surface area contributed by atoms with Crippen molar-refractivity contribution in [2.75, 3.05) is 12.3 Å². The first-order valence-electron chi connectivity index (χ1n) is 7.30. The topological polar surface area (TPSA) is 26.0 Å². The van der Waals surface area contributed by atoms with Crippen LogP contribution in [-0.2, 0) is 11.8 Å². The van der Waals surface area contributed by atoms with Crippen LogP contribution >= 0.6 is 11.8 Å². The predicted octanol–water partition coefficient (Wildman–Crippen LogP) is 3.89. The Bertz CT molecular complexity index is 421. The van der Waals surface area contributed by atoms with Crippen molar-refractivity contribution in [2.24, 2.45) is 5.73 Å². The fraction of sp³-hybridized carbons (Fsp3) is 0.625. The Morgan fingerprint density at radius 3 is 2.72 bits per heavy atom. The molecule has 0 unspecified atom stereocenters. The maximum absolute atomic E-state index is 6.14. The second kappa shape index (κ2) is 5.26. The number of fused-ring (bicyclic) bond motifs is 1. The van der Waals surface area contributed by atoms with Crippen molar-refractivity contribution in [1.29, 1.82) is 0 Å². The molecule has 1 heterocycles. The summed E-state index contributed by atoms with van der Waals surface area (Å²) in [4.78, 5) is 1.53. The summed E-state index contributed by atoms with van der Waals surface area (Å²) in [6, 6.07) is 7.18. The molecule has 1 fully saturated rings. The third-order valence-corrected chi connectivity index (χ3v) is 5.91. The van der Waals surface area contributed by atoms with Crippen LogP contribution in [0.1, 0.15) is 49.7 Å². The highest BCUT2D eigenvalue weighted by molar-refractivity contribution is 7.99. The van der Waals surface area contributed by atoms with Crippen LogP contribution < -0.4 is 5.73 Å². The fourth-order valence-corrected chi connectivity index (χ4v) is 4.58.